The van der Waals surface area contributed by atoms with Crippen molar-refractivity contribution in [3.63, 3.8) is 0 Å². The fraction of sp³-hybridized carbons (Fsp3) is 0.966. The summed E-state index contributed by atoms with van der Waals surface area (Å²) in [5, 5.41) is 0. The molecule has 0 amide bonds. The van der Waals surface area contributed by atoms with Crippen LogP contribution < -0.4 is 5.73 Å². The fourth-order valence-electron chi connectivity index (χ4n) is 4.23. The Bertz CT molecular complexity index is 565. The van der Waals surface area contributed by atoms with Gasteiger partial charge in [-0.25, -0.2) is 4.57 Å². The molecule has 0 aliphatic carbocycles. The first-order chi connectivity index (χ1) is 18.4. The standard InChI is InChI=1S/C29H60NO7P/c1-3-5-7-9-11-13-14-15-16-18-20-22-29(31)37-28(27-36-38(32,33)35-25-23-30)26-34-24-21-19-17-12-10-8-6-4-2/h28H,3-27,30H2,1-2H3,(H,32,33). The summed E-state index contributed by atoms with van der Waals surface area (Å²) in [7, 11) is -4.25. The van der Waals surface area contributed by atoms with Crippen LogP contribution in [0.5, 0.6) is 0 Å². The van der Waals surface area contributed by atoms with Gasteiger partial charge in [-0.2, -0.15) is 0 Å². The maximum atomic E-state index is 12.4. The fourth-order valence-corrected chi connectivity index (χ4v) is 5.00. The number of hydrogen-bond acceptors (Lipinski definition) is 7. The summed E-state index contributed by atoms with van der Waals surface area (Å²) in [5.41, 5.74) is 5.32. The number of carbonyl (C=O) groups is 1. The van der Waals surface area contributed by atoms with Crippen molar-refractivity contribution < 1.29 is 32.8 Å². The Morgan fingerprint density at radius 2 is 1.16 bits per heavy atom. The number of ether oxygens (including phenoxy) is 2. The molecule has 0 heterocycles. The number of unbranched alkanes of at least 4 members (excludes halogenated alkanes) is 17. The predicted molar refractivity (Wildman–Crippen MR) is 155 cm³/mol. The van der Waals surface area contributed by atoms with E-state index in [1.807, 2.05) is 0 Å². The molecule has 3 N–H and O–H groups in total. The molecule has 228 valence electrons. The molecule has 2 unspecified atom stereocenters. The number of hydrogen-bond donors (Lipinski definition) is 2. The lowest BCUT2D eigenvalue weighted by atomic mass is 10.1. The minimum atomic E-state index is -4.25. The Morgan fingerprint density at radius 1 is 0.684 bits per heavy atom. The van der Waals surface area contributed by atoms with Gasteiger partial charge in [0.05, 0.1) is 19.8 Å². The van der Waals surface area contributed by atoms with Gasteiger partial charge in [-0.1, -0.05) is 123 Å². The first kappa shape index (κ1) is 37.5. The van der Waals surface area contributed by atoms with E-state index in [1.54, 1.807) is 0 Å². The second kappa shape index (κ2) is 28.0. The lowest BCUT2D eigenvalue weighted by Crippen LogP contribution is -2.28. The Balaban J connectivity index is 4.16. The van der Waals surface area contributed by atoms with Crippen LogP contribution >= 0.6 is 7.82 Å². The number of phosphoric acid groups is 1. The molecule has 0 aliphatic rings. The van der Waals surface area contributed by atoms with Crippen molar-refractivity contribution in [1.29, 1.82) is 0 Å². The van der Waals surface area contributed by atoms with Crippen LogP contribution in [0.4, 0.5) is 0 Å². The molecule has 0 aromatic carbocycles. The van der Waals surface area contributed by atoms with E-state index in [2.05, 4.69) is 13.8 Å². The van der Waals surface area contributed by atoms with E-state index in [-0.39, 0.29) is 32.3 Å². The quantitative estimate of drug-likeness (QED) is 0.0514. The predicted octanol–water partition coefficient (Wildman–Crippen LogP) is 7.85. The minimum absolute atomic E-state index is 0.0912. The zero-order valence-electron chi connectivity index (χ0n) is 24.7. The van der Waals surface area contributed by atoms with Crippen LogP contribution in [0.2, 0.25) is 0 Å². The van der Waals surface area contributed by atoms with E-state index < -0.39 is 13.9 Å². The molecule has 0 bridgehead atoms. The number of phosphoric ester groups is 1. The first-order valence-corrected chi connectivity index (χ1v) is 17.0. The van der Waals surface area contributed by atoms with E-state index >= 15 is 0 Å². The first-order valence-electron chi connectivity index (χ1n) is 15.5. The Hall–Kier alpha value is -0.500. The molecule has 0 spiro atoms. The van der Waals surface area contributed by atoms with E-state index in [0.717, 1.165) is 32.1 Å². The number of nitrogens with two attached hydrogens (primary N) is 1. The van der Waals surface area contributed by atoms with Gasteiger partial charge >= 0.3 is 13.8 Å². The Morgan fingerprint density at radius 3 is 1.66 bits per heavy atom. The Kier molecular flexibility index (Phi) is 27.7. The third-order valence-corrected chi connectivity index (χ3v) is 7.51. The lowest BCUT2D eigenvalue weighted by molar-refractivity contribution is -0.154. The highest BCUT2D eigenvalue weighted by Gasteiger charge is 2.25. The highest BCUT2D eigenvalue weighted by molar-refractivity contribution is 7.47. The molecule has 0 saturated carbocycles. The van der Waals surface area contributed by atoms with E-state index in [4.69, 9.17) is 24.3 Å². The molecule has 0 saturated heterocycles. The molecule has 0 aromatic rings. The summed E-state index contributed by atoms with van der Waals surface area (Å²) in [4.78, 5) is 22.1. The molecule has 38 heavy (non-hydrogen) atoms. The molecule has 0 fully saturated rings. The van der Waals surface area contributed by atoms with E-state index in [9.17, 15) is 14.3 Å². The highest BCUT2D eigenvalue weighted by atomic mass is 31.2. The lowest BCUT2D eigenvalue weighted by Gasteiger charge is -2.20. The molecular weight excluding hydrogens is 505 g/mol. The average molecular weight is 566 g/mol. The summed E-state index contributed by atoms with van der Waals surface area (Å²) in [6.45, 7) is 4.89. The third-order valence-electron chi connectivity index (χ3n) is 6.52. The van der Waals surface area contributed by atoms with Gasteiger partial charge in [0, 0.05) is 19.6 Å². The zero-order valence-corrected chi connectivity index (χ0v) is 25.6. The average Bonchev–Trinajstić information content (AvgIpc) is 2.90. The summed E-state index contributed by atoms with van der Waals surface area (Å²) < 4.78 is 33.0. The maximum absolute atomic E-state index is 12.4. The molecule has 0 aliphatic heterocycles. The van der Waals surface area contributed by atoms with Gasteiger partial charge < -0.3 is 20.1 Å². The van der Waals surface area contributed by atoms with Crippen LogP contribution in [0.3, 0.4) is 0 Å². The van der Waals surface area contributed by atoms with Crippen molar-refractivity contribution in [3.8, 4) is 0 Å². The molecular formula is C29H60NO7P. The number of carbonyl (C=O) groups excluding carboxylic acids is 1. The van der Waals surface area contributed by atoms with Gasteiger partial charge in [-0.3, -0.25) is 13.8 Å². The molecule has 0 aromatic heterocycles. The second-order valence-corrected chi connectivity index (χ2v) is 11.8. The van der Waals surface area contributed by atoms with Gasteiger partial charge in [0.15, 0.2) is 0 Å². The van der Waals surface area contributed by atoms with Crippen LogP contribution in [0.1, 0.15) is 142 Å². The van der Waals surface area contributed by atoms with Gasteiger partial charge in [-0.15, -0.1) is 0 Å². The normalized spacial score (nSPS) is 13.9. The van der Waals surface area contributed by atoms with Crippen LogP contribution in [0.25, 0.3) is 0 Å². The summed E-state index contributed by atoms with van der Waals surface area (Å²) >= 11 is 0. The molecule has 2 atom stereocenters. The SMILES string of the molecule is CCCCCCCCCCCCCC(=O)OC(COCCCCCCCCCC)COP(=O)(O)OCCN. The molecule has 9 heteroatoms. The molecule has 0 rings (SSSR count). The van der Waals surface area contributed by atoms with Crippen molar-refractivity contribution >= 4 is 13.8 Å². The second-order valence-electron chi connectivity index (χ2n) is 10.3. The van der Waals surface area contributed by atoms with Crippen molar-refractivity contribution in [2.75, 3.05) is 33.0 Å². The van der Waals surface area contributed by atoms with Crippen molar-refractivity contribution in [3.05, 3.63) is 0 Å². The van der Waals surface area contributed by atoms with E-state index in [1.165, 1.54) is 89.9 Å². The van der Waals surface area contributed by atoms with Crippen LogP contribution in [0, 0.1) is 0 Å². The largest absolute Gasteiger partial charge is 0.472 e. The number of esters is 1. The van der Waals surface area contributed by atoms with Crippen molar-refractivity contribution in [1.82, 2.24) is 0 Å². The van der Waals surface area contributed by atoms with Crippen molar-refractivity contribution in [2.45, 2.75) is 148 Å². The zero-order chi connectivity index (χ0) is 28.2. The third kappa shape index (κ3) is 27.1. The number of rotatable bonds is 30. The van der Waals surface area contributed by atoms with Crippen molar-refractivity contribution in [2.24, 2.45) is 5.73 Å². The van der Waals surface area contributed by atoms with Crippen LogP contribution in [-0.4, -0.2) is 49.9 Å². The van der Waals surface area contributed by atoms with Crippen LogP contribution in [-0.2, 0) is 27.9 Å². The van der Waals surface area contributed by atoms with Gasteiger partial charge in [0.25, 0.3) is 0 Å². The maximum Gasteiger partial charge on any atom is 0.472 e. The molecule has 8 nitrogen and oxygen atoms in total. The topological polar surface area (TPSA) is 117 Å². The minimum Gasteiger partial charge on any atom is -0.457 e. The summed E-state index contributed by atoms with van der Waals surface area (Å²) in [6.07, 6.45) is 22.5. The highest BCUT2D eigenvalue weighted by Crippen LogP contribution is 2.43. The van der Waals surface area contributed by atoms with Gasteiger partial charge in [0.2, 0.25) is 0 Å². The molecule has 0 radical (unpaired) electrons. The van der Waals surface area contributed by atoms with Gasteiger partial charge in [-0.05, 0) is 12.8 Å². The Labute approximate surface area is 233 Å². The summed E-state index contributed by atoms with van der Waals surface area (Å²) in [6, 6.07) is 0. The van der Waals surface area contributed by atoms with Crippen LogP contribution in [0.15, 0.2) is 0 Å². The summed E-state index contributed by atoms with van der Waals surface area (Å²) in [5.74, 6) is -0.333. The monoisotopic (exact) mass is 565 g/mol. The van der Waals surface area contributed by atoms with Gasteiger partial charge in [0.1, 0.15) is 6.10 Å². The smallest absolute Gasteiger partial charge is 0.457 e. The van der Waals surface area contributed by atoms with E-state index in [0.29, 0.717) is 13.0 Å².